The van der Waals surface area contributed by atoms with Crippen LogP contribution in [0.4, 0.5) is 4.39 Å². The molecule has 1 unspecified atom stereocenters. The summed E-state index contributed by atoms with van der Waals surface area (Å²) in [5.41, 5.74) is 1.58. The normalized spacial score (nSPS) is 12.4. The first kappa shape index (κ1) is 13.7. The van der Waals surface area contributed by atoms with Gasteiger partial charge in [0, 0.05) is 5.02 Å². The van der Waals surface area contributed by atoms with Crippen LogP contribution in [0.2, 0.25) is 10.0 Å². The van der Waals surface area contributed by atoms with Crippen molar-refractivity contribution in [2.24, 2.45) is 0 Å². The predicted octanol–water partition coefficient (Wildman–Crippen LogP) is 5.66. The molecule has 0 saturated heterocycles. The first-order valence-corrected chi connectivity index (χ1v) is 6.59. The summed E-state index contributed by atoms with van der Waals surface area (Å²) in [5.74, 6) is -0.453. The van der Waals surface area contributed by atoms with Crippen molar-refractivity contribution in [3.05, 3.63) is 69.5 Å². The highest BCUT2D eigenvalue weighted by Crippen LogP contribution is 2.32. The monoisotopic (exact) mass is 302 g/mol. The summed E-state index contributed by atoms with van der Waals surface area (Å²) in [6, 6.07) is 12.1. The fourth-order valence-corrected chi connectivity index (χ4v) is 2.63. The van der Waals surface area contributed by atoms with Crippen LogP contribution in [-0.4, -0.2) is 0 Å². The standard InChI is InChI=1S/C14H10Cl3F/c15-10-4-1-3-9(7-10)8-12(16)11-5-2-6-13(18)14(11)17/h1-7,12H,8H2. The van der Waals surface area contributed by atoms with Gasteiger partial charge in [-0.15, -0.1) is 11.6 Å². The van der Waals surface area contributed by atoms with Gasteiger partial charge in [-0.2, -0.15) is 0 Å². The lowest BCUT2D eigenvalue weighted by Gasteiger charge is -2.12. The van der Waals surface area contributed by atoms with Crippen LogP contribution in [0.5, 0.6) is 0 Å². The lowest BCUT2D eigenvalue weighted by atomic mass is 10.0. The van der Waals surface area contributed by atoms with Crippen molar-refractivity contribution in [1.29, 1.82) is 0 Å². The molecule has 0 N–H and O–H groups in total. The zero-order chi connectivity index (χ0) is 13.1. The molecule has 1 atom stereocenters. The number of hydrogen-bond donors (Lipinski definition) is 0. The van der Waals surface area contributed by atoms with Gasteiger partial charge in [-0.25, -0.2) is 4.39 Å². The summed E-state index contributed by atoms with van der Waals surface area (Å²) in [6.07, 6.45) is 0.547. The maximum absolute atomic E-state index is 13.3. The minimum Gasteiger partial charge on any atom is -0.205 e. The molecule has 0 spiro atoms. The number of halogens is 4. The van der Waals surface area contributed by atoms with Crippen molar-refractivity contribution in [3.8, 4) is 0 Å². The van der Waals surface area contributed by atoms with Crippen LogP contribution in [0.25, 0.3) is 0 Å². The lowest BCUT2D eigenvalue weighted by molar-refractivity contribution is 0.625. The lowest BCUT2D eigenvalue weighted by Crippen LogP contribution is -1.98. The summed E-state index contributed by atoms with van der Waals surface area (Å²) in [7, 11) is 0. The summed E-state index contributed by atoms with van der Waals surface area (Å²) < 4.78 is 13.3. The Kier molecular flexibility index (Phi) is 4.50. The smallest absolute Gasteiger partial charge is 0.142 e. The first-order valence-electron chi connectivity index (χ1n) is 5.40. The van der Waals surface area contributed by atoms with Gasteiger partial charge in [-0.1, -0.05) is 47.5 Å². The van der Waals surface area contributed by atoms with E-state index in [1.165, 1.54) is 6.07 Å². The molecule has 18 heavy (non-hydrogen) atoms. The van der Waals surface area contributed by atoms with Gasteiger partial charge >= 0.3 is 0 Å². The van der Waals surface area contributed by atoms with Crippen molar-refractivity contribution < 1.29 is 4.39 Å². The van der Waals surface area contributed by atoms with E-state index in [1.807, 2.05) is 18.2 Å². The van der Waals surface area contributed by atoms with Crippen LogP contribution in [0, 0.1) is 5.82 Å². The van der Waals surface area contributed by atoms with Crippen LogP contribution < -0.4 is 0 Å². The summed E-state index contributed by atoms with van der Waals surface area (Å²) in [6.45, 7) is 0. The Morgan fingerprint density at radius 3 is 2.50 bits per heavy atom. The van der Waals surface area contributed by atoms with E-state index >= 15 is 0 Å². The molecule has 0 saturated carbocycles. The Labute approximate surface area is 120 Å². The van der Waals surface area contributed by atoms with E-state index in [-0.39, 0.29) is 10.4 Å². The molecule has 2 rings (SSSR count). The quantitative estimate of drug-likeness (QED) is 0.642. The Morgan fingerprint density at radius 2 is 1.78 bits per heavy atom. The average molecular weight is 304 g/mol. The van der Waals surface area contributed by atoms with Gasteiger partial charge in [-0.05, 0) is 35.7 Å². The van der Waals surface area contributed by atoms with E-state index in [1.54, 1.807) is 18.2 Å². The van der Waals surface area contributed by atoms with Crippen molar-refractivity contribution in [1.82, 2.24) is 0 Å². The maximum atomic E-state index is 13.3. The third kappa shape index (κ3) is 3.17. The maximum Gasteiger partial charge on any atom is 0.142 e. The molecule has 0 heterocycles. The molecular formula is C14H10Cl3F. The Balaban J connectivity index is 2.22. The molecule has 0 bridgehead atoms. The first-order chi connectivity index (χ1) is 8.58. The largest absolute Gasteiger partial charge is 0.205 e. The number of alkyl halides is 1. The molecular weight excluding hydrogens is 294 g/mol. The summed E-state index contributed by atoms with van der Waals surface area (Å²) in [4.78, 5) is 0. The summed E-state index contributed by atoms with van der Waals surface area (Å²) in [5, 5.41) is 0.355. The second-order valence-corrected chi connectivity index (χ2v) is 5.29. The zero-order valence-electron chi connectivity index (χ0n) is 9.34. The second kappa shape index (κ2) is 5.92. The average Bonchev–Trinajstić information content (AvgIpc) is 2.32. The molecule has 2 aromatic carbocycles. The molecule has 2 aromatic rings. The topological polar surface area (TPSA) is 0 Å². The van der Waals surface area contributed by atoms with E-state index in [4.69, 9.17) is 34.8 Å². The van der Waals surface area contributed by atoms with E-state index in [9.17, 15) is 4.39 Å². The zero-order valence-corrected chi connectivity index (χ0v) is 11.6. The predicted molar refractivity (Wildman–Crippen MR) is 75.2 cm³/mol. The molecule has 4 heteroatoms. The van der Waals surface area contributed by atoms with Crippen molar-refractivity contribution in [3.63, 3.8) is 0 Å². The minimum atomic E-state index is -0.453. The van der Waals surface area contributed by atoms with E-state index in [2.05, 4.69) is 0 Å². The highest BCUT2D eigenvalue weighted by atomic mass is 35.5. The Hall–Kier alpha value is -0.760. The van der Waals surface area contributed by atoms with E-state index in [0.29, 0.717) is 17.0 Å². The van der Waals surface area contributed by atoms with Gasteiger partial charge in [0.15, 0.2) is 0 Å². The van der Waals surface area contributed by atoms with Crippen LogP contribution in [0.3, 0.4) is 0 Å². The summed E-state index contributed by atoms with van der Waals surface area (Å²) >= 11 is 18.1. The van der Waals surface area contributed by atoms with Crippen molar-refractivity contribution in [2.75, 3.05) is 0 Å². The molecule has 0 radical (unpaired) electrons. The fourth-order valence-electron chi connectivity index (χ4n) is 1.74. The minimum absolute atomic E-state index is 0.0829. The van der Waals surface area contributed by atoms with Gasteiger partial charge < -0.3 is 0 Å². The number of hydrogen-bond acceptors (Lipinski definition) is 0. The molecule has 0 aliphatic heterocycles. The van der Waals surface area contributed by atoms with Crippen LogP contribution in [0.1, 0.15) is 16.5 Å². The Bertz CT molecular complexity index is 554. The van der Waals surface area contributed by atoms with Gasteiger partial charge in [0.1, 0.15) is 5.82 Å². The molecule has 94 valence electrons. The Morgan fingerprint density at radius 1 is 1.06 bits per heavy atom. The van der Waals surface area contributed by atoms with Gasteiger partial charge in [0.2, 0.25) is 0 Å². The SMILES string of the molecule is Fc1cccc(C(Cl)Cc2cccc(Cl)c2)c1Cl. The highest BCUT2D eigenvalue weighted by Gasteiger charge is 2.15. The van der Waals surface area contributed by atoms with Crippen LogP contribution in [0.15, 0.2) is 42.5 Å². The molecule has 0 fully saturated rings. The number of benzene rings is 2. The molecule has 0 amide bonds. The van der Waals surface area contributed by atoms with Crippen molar-refractivity contribution in [2.45, 2.75) is 11.8 Å². The second-order valence-electron chi connectivity index (χ2n) is 3.94. The third-order valence-electron chi connectivity index (χ3n) is 2.62. The van der Waals surface area contributed by atoms with Crippen LogP contribution in [-0.2, 0) is 6.42 Å². The molecule has 0 aliphatic rings. The van der Waals surface area contributed by atoms with E-state index < -0.39 is 5.82 Å². The molecule has 0 nitrogen and oxygen atoms in total. The van der Waals surface area contributed by atoms with Gasteiger partial charge in [-0.3, -0.25) is 0 Å². The van der Waals surface area contributed by atoms with E-state index in [0.717, 1.165) is 5.56 Å². The fraction of sp³-hybridized carbons (Fsp3) is 0.143. The molecule has 0 aromatic heterocycles. The molecule has 0 aliphatic carbocycles. The third-order valence-corrected chi connectivity index (χ3v) is 3.65. The number of rotatable bonds is 3. The van der Waals surface area contributed by atoms with Gasteiger partial charge in [0.05, 0.1) is 10.4 Å². The van der Waals surface area contributed by atoms with Gasteiger partial charge in [0.25, 0.3) is 0 Å². The highest BCUT2D eigenvalue weighted by molar-refractivity contribution is 6.33. The van der Waals surface area contributed by atoms with Crippen molar-refractivity contribution >= 4 is 34.8 Å². The van der Waals surface area contributed by atoms with Crippen LogP contribution >= 0.6 is 34.8 Å².